The molecule has 1 N–H and O–H groups in total. The number of piperidine rings is 1. The minimum absolute atomic E-state index is 0.0747. The number of benzene rings is 1. The van der Waals surface area contributed by atoms with Gasteiger partial charge in [0.25, 0.3) is 5.91 Å². The third-order valence-corrected chi connectivity index (χ3v) is 4.85. The molecule has 0 aliphatic carbocycles. The zero-order valence-electron chi connectivity index (χ0n) is 14.9. The molecular weight excluding hydrogens is 336 g/mol. The second kappa shape index (κ2) is 10.5. The number of hydrogen-bond acceptors (Lipinski definition) is 3. The van der Waals surface area contributed by atoms with E-state index in [4.69, 9.17) is 16.7 Å². The minimum atomic E-state index is 0.0747. The second-order valence-corrected chi connectivity index (χ2v) is 6.74. The van der Waals surface area contributed by atoms with Crippen LogP contribution in [0.1, 0.15) is 36.5 Å². The van der Waals surface area contributed by atoms with Gasteiger partial charge in [-0.25, -0.2) is 0 Å². The monoisotopic (exact) mass is 362 g/mol. The molecule has 1 aromatic rings. The molecule has 1 fully saturated rings. The van der Waals surface area contributed by atoms with Gasteiger partial charge in [-0.15, -0.1) is 5.92 Å². The Bertz CT molecular complexity index is 598. The number of likely N-dealkylation sites (tertiary alicyclic amines) is 1. The van der Waals surface area contributed by atoms with Gasteiger partial charge in [0.15, 0.2) is 0 Å². The smallest absolute Gasteiger partial charge is 0.253 e. The molecule has 1 saturated heterocycles. The van der Waals surface area contributed by atoms with E-state index in [1.54, 1.807) is 24.3 Å². The van der Waals surface area contributed by atoms with Gasteiger partial charge in [-0.2, -0.15) is 0 Å². The SMILES string of the molecule is CCN(CCO)CCC#CC1CCN(C(=O)c2ccc(Cl)cc2)CC1. The van der Waals surface area contributed by atoms with Gasteiger partial charge in [0, 0.05) is 49.1 Å². The predicted octanol–water partition coefficient (Wildman–Crippen LogP) is 2.90. The highest BCUT2D eigenvalue weighted by Gasteiger charge is 2.22. The molecule has 136 valence electrons. The molecule has 0 spiro atoms. The average molecular weight is 363 g/mol. The number of nitrogens with zero attached hydrogens (tertiary/aromatic N) is 2. The van der Waals surface area contributed by atoms with Crippen LogP contribution in [0.3, 0.4) is 0 Å². The van der Waals surface area contributed by atoms with Crippen LogP contribution in [-0.2, 0) is 0 Å². The van der Waals surface area contributed by atoms with Crippen molar-refractivity contribution in [3.05, 3.63) is 34.9 Å². The van der Waals surface area contributed by atoms with Crippen molar-refractivity contribution in [3.63, 3.8) is 0 Å². The summed E-state index contributed by atoms with van der Waals surface area (Å²) < 4.78 is 0. The Morgan fingerprint density at radius 2 is 1.96 bits per heavy atom. The first-order valence-electron chi connectivity index (χ1n) is 9.00. The van der Waals surface area contributed by atoms with Gasteiger partial charge in [-0.1, -0.05) is 24.4 Å². The first-order chi connectivity index (χ1) is 12.1. The maximum absolute atomic E-state index is 12.5. The average Bonchev–Trinajstić information content (AvgIpc) is 2.65. The number of hydrogen-bond donors (Lipinski definition) is 1. The summed E-state index contributed by atoms with van der Waals surface area (Å²) in [5, 5.41) is 9.62. The van der Waals surface area contributed by atoms with E-state index < -0.39 is 0 Å². The van der Waals surface area contributed by atoms with Gasteiger partial charge >= 0.3 is 0 Å². The lowest BCUT2D eigenvalue weighted by molar-refractivity contribution is 0.0708. The molecule has 1 heterocycles. The normalized spacial score (nSPS) is 15.1. The van der Waals surface area contributed by atoms with Gasteiger partial charge in [-0.05, 0) is 43.7 Å². The number of aliphatic hydroxyl groups is 1. The van der Waals surface area contributed by atoms with E-state index in [-0.39, 0.29) is 12.5 Å². The molecule has 0 aromatic heterocycles. The van der Waals surface area contributed by atoms with Gasteiger partial charge < -0.3 is 14.9 Å². The molecule has 0 unspecified atom stereocenters. The highest BCUT2D eigenvalue weighted by molar-refractivity contribution is 6.30. The fourth-order valence-corrected chi connectivity index (χ4v) is 3.13. The molecule has 1 aliphatic rings. The van der Waals surface area contributed by atoms with Crippen LogP contribution in [0.2, 0.25) is 5.02 Å². The topological polar surface area (TPSA) is 43.8 Å². The van der Waals surface area contributed by atoms with Crippen LogP contribution in [-0.4, -0.2) is 60.1 Å². The highest BCUT2D eigenvalue weighted by Crippen LogP contribution is 2.19. The first kappa shape index (κ1) is 19.8. The molecule has 4 nitrogen and oxygen atoms in total. The van der Waals surface area contributed by atoms with Crippen LogP contribution >= 0.6 is 11.6 Å². The molecule has 1 amide bonds. The summed E-state index contributed by atoms with van der Waals surface area (Å²) in [5.74, 6) is 7.08. The van der Waals surface area contributed by atoms with Gasteiger partial charge in [0.05, 0.1) is 6.61 Å². The van der Waals surface area contributed by atoms with Crippen molar-refractivity contribution in [1.29, 1.82) is 0 Å². The van der Waals surface area contributed by atoms with Crippen LogP contribution in [0.25, 0.3) is 0 Å². The number of rotatable bonds is 6. The van der Waals surface area contributed by atoms with Crippen molar-refractivity contribution in [1.82, 2.24) is 9.80 Å². The Morgan fingerprint density at radius 1 is 1.28 bits per heavy atom. The molecule has 2 rings (SSSR count). The van der Waals surface area contributed by atoms with E-state index in [1.165, 1.54) is 0 Å². The van der Waals surface area contributed by atoms with E-state index in [2.05, 4.69) is 23.7 Å². The van der Waals surface area contributed by atoms with Crippen molar-refractivity contribution in [2.45, 2.75) is 26.2 Å². The van der Waals surface area contributed by atoms with Crippen molar-refractivity contribution in [2.75, 3.05) is 39.3 Å². The second-order valence-electron chi connectivity index (χ2n) is 6.30. The van der Waals surface area contributed by atoms with Crippen molar-refractivity contribution >= 4 is 17.5 Å². The predicted molar refractivity (Wildman–Crippen MR) is 102 cm³/mol. The molecule has 1 aliphatic heterocycles. The Hall–Kier alpha value is -1.54. The van der Waals surface area contributed by atoms with Gasteiger partial charge in [0.2, 0.25) is 0 Å². The number of aliphatic hydroxyl groups excluding tert-OH is 1. The van der Waals surface area contributed by atoms with Crippen LogP contribution < -0.4 is 0 Å². The lowest BCUT2D eigenvalue weighted by Crippen LogP contribution is -2.38. The van der Waals surface area contributed by atoms with E-state index >= 15 is 0 Å². The van der Waals surface area contributed by atoms with Crippen molar-refractivity contribution in [3.8, 4) is 11.8 Å². The summed E-state index contributed by atoms with van der Waals surface area (Å²) in [4.78, 5) is 16.6. The Labute approximate surface area is 155 Å². The molecule has 25 heavy (non-hydrogen) atoms. The lowest BCUT2D eigenvalue weighted by Gasteiger charge is -2.30. The number of likely N-dealkylation sites (N-methyl/N-ethyl adjacent to an activating group) is 1. The molecule has 5 heteroatoms. The van der Waals surface area contributed by atoms with E-state index in [9.17, 15) is 4.79 Å². The molecule has 0 bridgehead atoms. The van der Waals surface area contributed by atoms with Crippen LogP contribution in [0.15, 0.2) is 24.3 Å². The maximum atomic E-state index is 12.5. The summed E-state index contributed by atoms with van der Waals surface area (Å²) in [7, 11) is 0. The first-order valence-corrected chi connectivity index (χ1v) is 9.38. The van der Waals surface area contributed by atoms with Crippen LogP contribution in [0.4, 0.5) is 0 Å². The fraction of sp³-hybridized carbons (Fsp3) is 0.550. The number of carbonyl (C=O) groups is 1. The van der Waals surface area contributed by atoms with Gasteiger partial charge in [0.1, 0.15) is 0 Å². The largest absolute Gasteiger partial charge is 0.395 e. The highest BCUT2D eigenvalue weighted by atomic mass is 35.5. The standard InChI is InChI=1S/C20H27ClN2O2/c1-2-22(15-16-24)12-4-3-5-17-10-13-23(14-11-17)20(25)18-6-8-19(21)9-7-18/h6-9,17,24H,2,4,10-16H2,1H3. The van der Waals surface area contributed by atoms with Gasteiger partial charge in [-0.3, -0.25) is 4.79 Å². The Kier molecular flexibility index (Phi) is 8.27. The van der Waals surface area contributed by atoms with Crippen molar-refractivity contribution < 1.29 is 9.90 Å². The number of carbonyl (C=O) groups excluding carboxylic acids is 1. The van der Waals surface area contributed by atoms with E-state index in [0.717, 1.165) is 45.4 Å². The number of halogens is 1. The summed E-state index contributed by atoms with van der Waals surface area (Å²) in [6, 6.07) is 7.07. The van der Waals surface area contributed by atoms with E-state index in [0.29, 0.717) is 23.0 Å². The van der Waals surface area contributed by atoms with Crippen LogP contribution in [0.5, 0.6) is 0 Å². The minimum Gasteiger partial charge on any atom is -0.395 e. The maximum Gasteiger partial charge on any atom is 0.253 e. The molecular formula is C20H27ClN2O2. The zero-order valence-corrected chi connectivity index (χ0v) is 15.6. The molecule has 0 radical (unpaired) electrons. The Balaban J connectivity index is 1.75. The fourth-order valence-electron chi connectivity index (χ4n) is 3.00. The summed E-state index contributed by atoms with van der Waals surface area (Å²) >= 11 is 5.87. The Morgan fingerprint density at radius 3 is 2.56 bits per heavy atom. The van der Waals surface area contributed by atoms with Crippen molar-refractivity contribution in [2.24, 2.45) is 5.92 Å². The summed E-state index contributed by atoms with van der Waals surface area (Å²) in [6.45, 7) is 6.35. The summed E-state index contributed by atoms with van der Waals surface area (Å²) in [6.07, 6.45) is 2.69. The lowest BCUT2D eigenvalue weighted by atomic mass is 9.96. The van der Waals surface area contributed by atoms with E-state index in [1.807, 2.05) is 4.90 Å². The third-order valence-electron chi connectivity index (χ3n) is 4.60. The molecule has 1 aromatic carbocycles. The zero-order chi connectivity index (χ0) is 18.1. The summed E-state index contributed by atoms with van der Waals surface area (Å²) in [5.41, 5.74) is 0.692. The molecule has 0 saturated carbocycles. The number of amides is 1. The quantitative estimate of drug-likeness (QED) is 0.791. The molecule has 0 atom stereocenters. The third kappa shape index (κ3) is 6.36. The van der Waals surface area contributed by atoms with Crippen LogP contribution in [0, 0.1) is 17.8 Å².